The molecular weight excluding hydrogens is 292 g/mol. The fourth-order valence-electron chi connectivity index (χ4n) is 1.74. The third kappa shape index (κ3) is 3.56. The van der Waals surface area contributed by atoms with Crippen LogP contribution in [0, 0.1) is 12.3 Å². The molecule has 4 heteroatoms. The molecule has 1 rings (SSSR count). The van der Waals surface area contributed by atoms with Gasteiger partial charge in [-0.2, -0.15) is 0 Å². The van der Waals surface area contributed by atoms with Gasteiger partial charge in [-0.05, 0) is 44.0 Å². The summed E-state index contributed by atoms with van der Waals surface area (Å²) in [6.45, 7) is 6.76. The highest BCUT2D eigenvalue weighted by atomic mass is 79.9. The maximum atomic E-state index is 12.2. The highest BCUT2D eigenvalue weighted by molar-refractivity contribution is 9.10. The van der Waals surface area contributed by atoms with E-state index >= 15 is 0 Å². The number of benzene rings is 1. The molecule has 2 N–H and O–H groups in total. The van der Waals surface area contributed by atoms with E-state index in [0.717, 1.165) is 10.0 Å². The molecule has 0 spiro atoms. The molecule has 0 aliphatic rings. The van der Waals surface area contributed by atoms with Crippen molar-refractivity contribution in [1.29, 1.82) is 0 Å². The van der Waals surface area contributed by atoms with Crippen molar-refractivity contribution in [2.75, 3.05) is 13.6 Å². The molecule has 0 heterocycles. The van der Waals surface area contributed by atoms with Crippen LogP contribution in [0.15, 0.2) is 22.7 Å². The van der Waals surface area contributed by atoms with E-state index in [-0.39, 0.29) is 5.91 Å². The number of carbonyl (C=O) groups is 1. The number of carbonyl (C=O) groups excluding carboxylic acids is 1. The molecule has 0 atom stereocenters. The molecular formula is C14H21BrN2O. The molecule has 100 valence electrons. The lowest BCUT2D eigenvalue weighted by Gasteiger charge is -2.28. The van der Waals surface area contributed by atoms with Gasteiger partial charge in [-0.15, -0.1) is 0 Å². The normalized spacial score (nSPS) is 11.4. The molecule has 1 amide bonds. The lowest BCUT2D eigenvalue weighted by Crippen LogP contribution is -2.42. The van der Waals surface area contributed by atoms with Gasteiger partial charge in [0.15, 0.2) is 0 Å². The maximum Gasteiger partial charge on any atom is 0.229 e. The molecule has 0 aromatic heterocycles. The molecule has 0 unspecified atom stereocenters. The number of hydrogen-bond donors (Lipinski definition) is 1. The Balaban J connectivity index is 2.85. The lowest BCUT2D eigenvalue weighted by molar-refractivity contribution is -0.139. The zero-order valence-electron chi connectivity index (χ0n) is 11.5. The van der Waals surface area contributed by atoms with Crippen molar-refractivity contribution in [1.82, 2.24) is 4.90 Å². The molecule has 0 aliphatic carbocycles. The summed E-state index contributed by atoms with van der Waals surface area (Å²) in [6, 6.07) is 6.10. The van der Waals surface area contributed by atoms with E-state index in [1.165, 1.54) is 5.56 Å². The zero-order chi connectivity index (χ0) is 13.9. The van der Waals surface area contributed by atoms with Gasteiger partial charge in [-0.1, -0.05) is 22.0 Å². The number of rotatable bonds is 4. The van der Waals surface area contributed by atoms with Crippen LogP contribution in [0.2, 0.25) is 0 Å². The highest BCUT2D eigenvalue weighted by Crippen LogP contribution is 2.21. The minimum atomic E-state index is -0.505. The van der Waals surface area contributed by atoms with Crippen LogP contribution in [0.5, 0.6) is 0 Å². The Kier molecular flexibility index (Phi) is 4.93. The van der Waals surface area contributed by atoms with Gasteiger partial charge in [-0.3, -0.25) is 4.79 Å². The smallest absolute Gasteiger partial charge is 0.229 e. The Hall–Kier alpha value is -0.870. The van der Waals surface area contributed by atoms with E-state index in [2.05, 4.69) is 22.0 Å². The predicted molar refractivity (Wildman–Crippen MR) is 78.2 cm³/mol. The van der Waals surface area contributed by atoms with E-state index in [1.54, 1.807) is 4.90 Å². The van der Waals surface area contributed by atoms with Gasteiger partial charge >= 0.3 is 0 Å². The first kappa shape index (κ1) is 15.2. The van der Waals surface area contributed by atoms with Crippen molar-refractivity contribution in [3.05, 3.63) is 33.8 Å². The quantitative estimate of drug-likeness (QED) is 0.929. The number of halogens is 1. The van der Waals surface area contributed by atoms with Gasteiger partial charge in [-0.25, -0.2) is 0 Å². The Morgan fingerprint density at radius 3 is 2.61 bits per heavy atom. The predicted octanol–water partition coefficient (Wildman–Crippen LogP) is 2.70. The Bertz CT molecular complexity index is 443. The van der Waals surface area contributed by atoms with Crippen LogP contribution >= 0.6 is 15.9 Å². The van der Waals surface area contributed by atoms with Crippen molar-refractivity contribution in [2.45, 2.75) is 27.3 Å². The highest BCUT2D eigenvalue weighted by Gasteiger charge is 2.28. The first-order valence-electron chi connectivity index (χ1n) is 5.98. The Morgan fingerprint density at radius 1 is 1.44 bits per heavy atom. The average molecular weight is 313 g/mol. The standard InChI is InChI=1S/C14H21BrN2O/c1-10-5-6-12(15)7-11(10)8-17(4)13(18)14(2,3)9-16/h5-7H,8-9,16H2,1-4H3. The average Bonchev–Trinajstić information content (AvgIpc) is 2.32. The minimum absolute atomic E-state index is 0.0735. The van der Waals surface area contributed by atoms with Gasteiger partial charge in [0.2, 0.25) is 5.91 Å². The topological polar surface area (TPSA) is 46.3 Å². The van der Waals surface area contributed by atoms with Gasteiger partial charge < -0.3 is 10.6 Å². The molecule has 3 nitrogen and oxygen atoms in total. The molecule has 1 aromatic carbocycles. The Morgan fingerprint density at radius 2 is 2.06 bits per heavy atom. The Labute approximate surface area is 117 Å². The number of hydrogen-bond acceptors (Lipinski definition) is 2. The van der Waals surface area contributed by atoms with E-state index in [0.29, 0.717) is 13.1 Å². The second-order valence-electron chi connectivity index (χ2n) is 5.32. The summed E-state index contributed by atoms with van der Waals surface area (Å²) in [5.41, 5.74) is 7.46. The number of nitrogens with two attached hydrogens (primary N) is 1. The van der Waals surface area contributed by atoms with Crippen molar-refractivity contribution in [3.63, 3.8) is 0 Å². The lowest BCUT2D eigenvalue weighted by atomic mass is 9.92. The summed E-state index contributed by atoms with van der Waals surface area (Å²) in [6.07, 6.45) is 0. The third-order valence-corrected chi connectivity index (χ3v) is 3.65. The molecule has 0 radical (unpaired) electrons. The van der Waals surface area contributed by atoms with E-state index in [4.69, 9.17) is 5.73 Å². The van der Waals surface area contributed by atoms with E-state index in [9.17, 15) is 4.79 Å². The van der Waals surface area contributed by atoms with Crippen molar-refractivity contribution < 1.29 is 4.79 Å². The molecule has 1 aromatic rings. The van der Waals surface area contributed by atoms with Crippen LogP contribution in [0.4, 0.5) is 0 Å². The zero-order valence-corrected chi connectivity index (χ0v) is 13.0. The molecule has 0 aliphatic heterocycles. The molecule has 0 fully saturated rings. The molecule has 18 heavy (non-hydrogen) atoms. The van der Waals surface area contributed by atoms with Crippen LogP contribution in [0.1, 0.15) is 25.0 Å². The fraction of sp³-hybridized carbons (Fsp3) is 0.500. The van der Waals surface area contributed by atoms with Gasteiger partial charge in [0.1, 0.15) is 0 Å². The summed E-state index contributed by atoms with van der Waals surface area (Å²) in [5.74, 6) is 0.0735. The SMILES string of the molecule is Cc1ccc(Br)cc1CN(C)C(=O)C(C)(C)CN. The van der Waals surface area contributed by atoms with Crippen LogP contribution in [-0.4, -0.2) is 24.4 Å². The number of amides is 1. The third-order valence-electron chi connectivity index (χ3n) is 3.15. The summed E-state index contributed by atoms with van der Waals surface area (Å²) in [4.78, 5) is 14.0. The summed E-state index contributed by atoms with van der Waals surface area (Å²) < 4.78 is 1.03. The van der Waals surface area contributed by atoms with Gasteiger partial charge in [0.05, 0.1) is 5.41 Å². The molecule has 0 bridgehead atoms. The van der Waals surface area contributed by atoms with Gasteiger partial charge in [0.25, 0.3) is 0 Å². The second-order valence-corrected chi connectivity index (χ2v) is 6.24. The maximum absolute atomic E-state index is 12.2. The van der Waals surface area contributed by atoms with E-state index in [1.807, 2.05) is 40.0 Å². The minimum Gasteiger partial charge on any atom is -0.341 e. The number of aryl methyl sites for hydroxylation is 1. The van der Waals surface area contributed by atoms with Crippen LogP contribution in [-0.2, 0) is 11.3 Å². The second kappa shape index (κ2) is 5.85. The largest absolute Gasteiger partial charge is 0.341 e. The van der Waals surface area contributed by atoms with Crippen molar-refractivity contribution in [3.8, 4) is 0 Å². The van der Waals surface area contributed by atoms with Crippen LogP contribution < -0.4 is 5.73 Å². The first-order valence-corrected chi connectivity index (χ1v) is 6.78. The summed E-state index contributed by atoms with van der Waals surface area (Å²) in [5, 5.41) is 0. The first-order chi connectivity index (χ1) is 8.27. The van der Waals surface area contributed by atoms with Crippen LogP contribution in [0.25, 0.3) is 0 Å². The molecule has 0 saturated heterocycles. The summed E-state index contributed by atoms with van der Waals surface area (Å²) >= 11 is 3.45. The number of nitrogens with zero attached hydrogens (tertiary/aromatic N) is 1. The fourth-order valence-corrected chi connectivity index (χ4v) is 2.15. The summed E-state index contributed by atoms with van der Waals surface area (Å²) in [7, 11) is 1.82. The van der Waals surface area contributed by atoms with Gasteiger partial charge in [0, 0.05) is 24.6 Å². The van der Waals surface area contributed by atoms with Crippen molar-refractivity contribution in [2.24, 2.45) is 11.1 Å². The van der Waals surface area contributed by atoms with Crippen LogP contribution in [0.3, 0.4) is 0 Å². The monoisotopic (exact) mass is 312 g/mol. The molecule has 0 saturated carbocycles. The van der Waals surface area contributed by atoms with E-state index < -0.39 is 5.41 Å². The van der Waals surface area contributed by atoms with Crippen molar-refractivity contribution >= 4 is 21.8 Å².